The maximum Gasteiger partial charge on any atom is 0.192 e. The van der Waals surface area contributed by atoms with Gasteiger partial charge in [-0.2, -0.15) is 0 Å². The molecule has 0 amide bonds. The van der Waals surface area contributed by atoms with E-state index in [0.29, 0.717) is 13.1 Å². The highest BCUT2D eigenvalue weighted by molar-refractivity contribution is 5.80. The van der Waals surface area contributed by atoms with Gasteiger partial charge in [0.15, 0.2) is 5.96 Å². The predicted octanol–water partition coefficient (Wildman–Crippen LogP) is 2.02. The van der Waals surface area contributed by atoms with E-state index in [4.69, 9.17) is 16.2 Å². The van der Waals surface area contributed by atoms with Crippen molar-refractivity contribution in [1.29, 1.82) is 0 Å². The Kier molecular flexibility index (Phi) is 7.44. The molecule has 0 spiro atoms. The Bertz CT molecular complexity index is 573. The first kappa shape index (κ1) is 18.2. The number of hydrogen-bond donors (Lipinski definition) is 2. The third-order valence-electron chi connectivity index (χ3n) is 4.20. The maximum absolute atomic E-state index is 5.57. The highest BCUT2D eigenvalue weighted by Gasteiger charge is 2.25. The van der Waals surface area contributed by atoms with Crippen molar-refractivity contribution in [2.75, 3.05) is 39.8 Å². The number of nitrogens with one attached hydrogen (secondary N) is 2. The van der Waals surface area contributed by atoms with Crippen LogP contribution in [0.25, 0.3) is 0 Å². The molecule has 2 rings (SSSR count). The Morgan fingerprint density at radius 3 is 2.75 bits per heavy atom. The molecule has 0 saturated carbocycles. The quantitative estimate of drug-likeness (QED) is 0.457. The second kappa shape index (κ2) is 9.84. The van der Waals surface area contributed by atoms with E-state index in [1.54, 1.807) is 7.11 Å². The second-order valence-corrected chi connectivity index (χ2v) is 5.78. The molecule has 1 aliphatic heterocycles. The number of benzene rings is 1. The van der Waals surface area contributed by atoms with Gasteiger partial charge in [-0.15, -0.1) is 6.42 Å². The van der Waals surface area contributed by atoms with Gasteiger partial charge >= 0.3 is 0 Å². The molecule has 1 aliphatic rings. The topological polar surface area (TPSA) is 48.9 Å². The number of methoxy groups -OCH3 is 1. The van der Waals surface area contributed by atoms with Gasteiger partial charge in [0, 0.05) is 12.1 Å². The molecule has 1 saturated heterocycles. The van der Waals surface area contributed by atoms with Crippen molar-refractivity contribution >= 4 is 5.96 Å². The minimum atomic E-state index is 0.213. The van der Waals surface area contributed by atoms with Gasteiger partial charge in [0.05, 0.1) is 26.2 Å². The van der Waals surface area contributed by atoms with Crippen LogP contribution in [0.3, 0.4) is 0 Å². The first-order valence-corrected chi connectivity index (χ1v) is 8.62. The first-order chi connectivity index (χ1) is 11.8. The zero-order valence-electron chi connectivity index (χ0n) is 14.7. The number of para-hydroxylation sites is 1. The number of ether oxygens (including phenoxy) is 1. The SMILES string of the molecule is C#CCNC(=NCC(c1ccccc1OC)N1CCCC1)NCC. The number of aliphatic imine (C=N–C) groups is 1. The lowest BCUT2D eigenvalue weighted by Gasteiger charge is -2.28. The number of rotatable bonds is 7. The molecule has 130 valence electrons. The van der Waals surface area contributed by atoms with Gasteiger partial charge in [-0.25, -0.2) is 0 Å². The fourth-order valence-electron chi connectivity index (χ4n) is 3.06. The van der Waals surface area contributed by atoms with Crippen molar-refractivity contribution in [3.63, 3.8) is 0 Å². The molecule has 1 unspecified atom stereocenters. The number of terminal acetylenes is 1. The number of hydrogen-bond acceptors (Lipinski definition) is 3. The van der Waals surface area contributed by atoms with Gasteiger partial charge < -0.3 is 15.4 Å². The summed E-state index contributed by atoms with van der Waals surface area (Å²) < 4.78 is 5.57. The minimum Gasteiger partial charge on any atom is -0.496 e. The van der Waals surface area contributed by atoms with E-state index in [-0.39, 0.29) is 6.04 Å². The van der Waals surface area contributed by atoms with Crippen molar-refractivity contribution in [1.82, 2.24) is 15.5 Å². The Morgan fingerprint density at radius 2 is 2.08 bits per heavy atom. The summed E-state index contributed by atoms with van der Waals surface area (Å²) in [5.41, 5.74) is 1.19. The third kappa shape index (κ3) is 4.90. The summed E-state index contributed by atoms with van der Waals surface area (Å²) in [6.45, 7) is 6.19. The van der Waals surface area contributed by atoms with Gasteiger partial charge in [-0.3, -0.25) is 9.89 Å². The highest BCUT2D eigenvalue weighted by Crippen LogP contribution is 2.31. The fraction of sp³-hybridized carbons (Fsp3) is 0.526. The average molecular weight is 328 g/mol. The van der Waals surface area contributed by atoms with E-state index < -0.39 is 0 Å². The summed E-state index contributed by atoms with van der Waals surface area (Å²) >= 11 is 0. The molecule has 2 N–H and O–H groups in total. The van der Waals surface area contributed by atoms with Crippen LogP contribution < -0.4 is 15.4 Å². The normalized spacial score (nSPS) is 16.5. The Balaban J connectivity index is 2.21. The summed E-state index contributed by atoms with van der Waals surface area (Å²) in [5, 5.41) is 6.39. The van der Waals surface area contributed by atoms with Crippen molar-refractivity contribution < 1.29 is 4.74 Å². The number of nitrogens with zero attached hydrogens (tertiary/aromatic N) is 2. The van der Waals surface area contributed by atoms with Crippen molar-refractivity contribution in [2.24, 2.45) is 4.99 Å². The molecule has 0 aliphatic carbocycles. The Labute approximate surface area is 145 Å². The molecule has 24 heavy (non-hydrogen) atoms. The van der Waals surface area contributed by atoms with E-state index in [1.165, 1.54) is 18.4 Å². The predicted molar refractivity (Wildman–Crippen MR) is 99.4 cm³/mol. The summed E-state index contributed by atoms with van der Waals surface area (Å²) in [6.07, 6.45) is 7.82. The zero-order valence-corrected chi connectivity index (χ0v) is 14.7. The van der Waals surface area contributed by atoms with Crippen LogP contribution in [-0.4, -0.2) is 50.7 Å². The smallest absolute Gasteiger partial charge is 0.192 e. The van der Waals surface area contributed by atoms with Crippen LogP contribution >= 0.6 is 0 Å². The van der Waals surface area contributed by atoms with Gasteiger partial charge in [-0.1, -0.05) is 24.1 Å². The molecule has 1 fully saturated rings. The van der Waals surface area contributed by atoms with Crippen LogP contribution in [0.15, 0.2) is 29.3 Å². The van der Waals surface area contributed by atoms with Crippen molar-refractivity contribution in [2.45, 2.75) is 25.8 Å². The summed E-state index contributed by atoms with van der Waals surface area (Å²) in [4.78, 5) is 7.24. The van der Waals surface area contributed by atoms with Gasteiger partial charge in [0.2, 0.25) is 0 Å². The average Bonchev–Trinajstić information content (AvgIpc) is 3.14. The van der Waals surface area contributed by atoms with E-state index >= 15 is 0 Å². The third-order valence-corrected chi connectivity index (χ3v) is 4.20. The summed E-state index contributed by atoms with van der Waals surface area (Å²) in [6, 6.07) is 8.44. The van der Waals surface area contributed by atoms with Crippen LogP contribution in [-0.2, 0) is 0 Å². The van der Waals surface area contributed by atoms with Crippen LogP contribution in [0, 0.1) is 12.3 Å². The molecule has 5 heteroatoms. The highest BCUT2D eigenvalue weighted by atomic mass is 16.5. The largest absolute Gasteiger partial charge is 0.496 e. The minimum absolute atomic E-state index is 0.213. The van der Waals surface area contributed by atoms with Crippen LogP contribution in [0.1, 0.15) is 31.4 Å². The standard InChI is InChI=1S/C19H28N4O/c1-4-12-21-19(20-5-2)22-15-17(23-13-8-9-14-23)16-10-6-7-11-18(16)24-3/h1,6-7,10-11,17H,5,8-9,12-15H2,2-3H3,(H2,20,21,22). The van der Waals surface area contributed by atoms with E-state index in [0.717, 1.165) is 31.3 Å². The first-order valence-electron chi connectivity index (χ1n) is 8.62. The Hall–Kier alpha value is -2.19. The van der Waals surface area contributed by atoms with Gasteiger partial charge in [0.1, 0.15) is 5.75 Å². The lowest BCUT2D eigenvalue weighted by molar-refractivity contribution is 0.245. The molecule has 1 aromatic carbocycles. The maximum atomic E-state index is 5.57. The lowest BCUT2D eigenvalue weighted by Crippen LogP contribution is -2.38. The molecule has 0 bridgehead atoms. The van der Waals surface area contributed by atoms with E-state index in [2.05, 4.69) is 33.6 Å². The van der Waals surface area contributed by atoms with Crippen molar-refractivity contribution in [3.8, 4) is 18.1 Å². The van der Waals surface area contributed by atoms with E-state index in [1.807, 2.05) is 19.1 Å². The zero-order chi connectivity index (χ0) is 17.2. The molecule has 0 radical (unpaired) electrons. The molecule has 1 aromatic rings. The van der Waals surface area contributed by atoms with Gasteiger partial charge in [0.25, 0.3) is 0 Å². The number of guanidine groups is 1. The molecule has 1 atom stereocenters. The molecule has 1 heterocycles. The Morgan fingerprint density at radius 1 is 1.33 bits per heavy atom. The molecule has 5 nitrogen and oxygen atoms in total. The number of likely N-dealkylation sites (tertiary alicyclic amines) is 1. The second-order valence-electron chi connectivity index (χ2n) is 5.78. The monoisotopic (exact) mass is 328 g/mol. The van der Waals surface area contributed by atoms with Crippen LogP contribution in [0.2, 0.25) is 0 Å². The molecule has 0 aromatic heterocycles. The fourth-order valence-corrected chi connectivity index (χ4v) is 3.06. The van der Waals surface area contributed by atoms with E-state index in [9.17, 15) is 0 Å². The van der Waals surface area contributed by atoms with Crippen LogP contribution in [0.5, 0.6) is 5.75 Å². The van der Waals surface area contributed by atoms with Crippen molar-refractivity contribution in [3.05, 3.63) is 29.8 Å². The molecular formula is C19H28N4O. The summed E-state index contributed by atoms with van der Waals surface area (Å²) in [7, 11) is 1.72. The van der Waals surface area contributed by atoms with Crippen LogP contribution in [0.4, 0.5) is 0 Å². The lowest BCUT2D eigenvalue weighted by atomic mass is 10.0. The van der Waals surface area contributed by atoms with Gasteiger partial charge in [-0.05, 0) is 38.9 Å². The summed E-state index contributed by atoms with van der Waals surface area (Å²) in [5.74, 6) is 4.27. The molecular weight excluding hydrogens is 300 g/mol.